The Kier molecular flexibility index (Phi) is 10.1. The molecule has 1 atom stereocenters. The van der Waals surface area contributed by atoms with Gasteiger partial charge in [-0.2, -0.15) is 0 Å². The summed E-state index contributed by atoms with van der Waals surface area (Å²) < 4.78 is 10.3. The molecule has 0 rings (SSSR count). The Morgan fingerprint density at radius 3 is 2.10 bits per heavy atom. The van der Waals surface area contributed by atoms with E-state index in [1.54, 1.807) is 0 Å². The zero-order valence-electron chi connectivity index (χ0n) is 14.4. The SMILES string of the molecule is CCCCCCCCOC(=O)CC(=O)OC(C)C(C)(C)C. The number of unbranched alkanes of at least 4 members (excludes halogenated alkanes) is 5. The number of hydrogen-bond acceptors (Lipinski definition) is 4. The summed E-state index contributed by atoms with van der Waals surface area (Å²) >= 11 is 0. The molecule has 124 valence electrons. The van der Waals surface area contributed by atoms with Crippen LogP contribution in [0.15, 0.2) is 0 Å². The van der Waals surface area contributed by atoms with Gasteiger partial charge in [0.2, 0.25) is 0 Å². The van der Waals surface area contributed by atoms with E-state index < -0.39 is 11.9 Å². The molecule has 0 aliphatic heterocycles. The van der Waals surface area contributed by atoms with E-state index in [0.29, 0.717) is 6.61 Å². The zero-order chi connectivity index (χ0) is 16.3. The van der Waals surface area contributed by atoms with Crippen LogP contribution in [0.4, 0.5) is 0 Å². The average molecular weight is 300 g/mol. The van der Waals surface area contributed by atoms with Gasteiger partial charge in [0, 0.05) is 0 Å². The second-order valence-electron chi connectivity index (χ2n) is 6.66. The molecule has 0 saturated heterocycles. The highest BCUT2D eigenvalue weighted by atomic mass is 16.6. The van der Waals surface area contributed by atoms with Crippen molar-refractivity contribution in [3.05, 3.63) is 0 Å². The molecular weight excluding hydrogens is 268 g/mol. The van der Waals surface area contributed by atoms with Crippen LogP contribution in [0.5, 0.6) is 0 Å². The van der Waals surface area contributed by atoms with Gasteiger partial charge in [-0.25, -0.2) is 0 Å². The van der Waals surface area contributed by atoms with Gasteiger partial charge in [-0.1, -0.05) is 59.8 Å². The monoisotopic (exact) mass is 300 g/mol. The molecule has 0 aliphatic rings. The highest BCUT2D eigenvalue weighted by Crippen LogP contribution is 2.21. The Hall–Kier alpha value is -1.06. The van der Waals surface area contributed by atoms with Gasteiger partial charge in [-0.05, 0) is 18.8 Å². The van der Waals surface area contributed by atoms with E-state index >= 15 is 0 Å². The molecule has 4 heteroatoms. The molecule has 4 nitrogen and oxygen atoms in total. The molecule has 0 amide bonds. The molecule has 0 aromatic carbocycles. The van der Waals surface area contributed by atoms with Gasteiger partial charge in [0.15, 0.2) is 0 Å². The third-order valence-corrected chi connectivity index (χ3v) is 3.58. The fourth-order valence-corrected chi connectivity index (χ4v) is 1.65. The molecule has 0 aromatic rings. The third-order valence-electron chi connectivity index (χ3n) is 3.58. The van der Waals surface area contributed by atoms with Crippen molar-refractivity contribution in [2.24, 2.45) is 5.41 Å². The van der Waals surface area contributed by atoms with Crippen LogP contribution in [-0.4, -0.2) is 24.6 Å². The van der Waals surface area contributed by atoms with Crippen molar-refractivity contribution in [3.8, 4) is 0 Å². The van der Waals surface area contributed by atoms with E-state index in [-0.39, 0.29) is 17.9 Å². The van der Waals surface area contributed by atoms with Crippen LogP contribution < -0.4 is 0 Å². The Morgan fingerprint density at radius 1 is 0.952 bits per heavy atom. The second-order valence-corrected chi connectivity index (χ2v) is 6.66. The predicted octanol–water partition coefficient (Wildman–Crippen LogP) is 4.26. The molecule has 0 spiro atoms. The molecule has 1 unspecified atom stereocenters. The van der Waals surface area contributed by atoms with E-state index in [9.17, 15) is 9.59 Å². The van der Waals surface area contributed by atoms with Crippen molar-refractivity contribution in [1.29, 1.82) is 0 Å². The van der Waals surface area contributed by atoms with Crippen LogP contribution in [0.1, 0.15) is 79.6 Å². The summed E-state index contributed by atoms with van der Waals surface area (Å²) in [6, 6.07) is 0. The van der Waals surface area contributed by atoms with Crippen LogP contribution in [0.3, 0.4) is 0 Å². The molecule has 0 radical (unpaired) electrons. The largest absolute Gasteiger partial charge is 0.465 e. The van der Waals surface area contributed by atoms with E-state index in [1.807, 2.05) is 27.7 Å². The maximum absolute atomic E-state index is 11.6. The molecule has 0 aliphatic carbocycles. The van der Waals surface area contributed by atoms with Gasteiger partial charge in [0.25, 0.3) is 0 Å². The summed E-state index contributed by atoms with van der Waals surface area (Å²) in [6.45, 7) is 10.4. The lowest BCUT2D eigenvalue weighted by Gasteiger charge is -2.26. The van der Waals surface area contributed by atoms with Crippen molar-refractivity contribution >= 4 is 11.9 Å². The van der Waals surface area contributed by atoms with Crippen LogP contribution in [0, 0.1) is 5.41 Å². The summed E-state index contributed by atoms with van der Waals surface area (Å²) in [6.07, 6.45) is 6.31. The number of ether oxygens (including phenoxy) is 2. The Bertz CT molecular complexity index is 304. The Labute approximate surface area is 129 Å². The number of rotatable bonds is 10. The van der Waals surface area contributed by atoms with Crippen molar-refractivity contribution in [2.45, 2.75) is 85.7 Å². The van der Waals surface area contributed by atoms with Gasteiger partial charge in [-0.15, -0.1) is 0 Å². The zero-order valence-corrected chi connectivity index (χ0v) is 14.4. The summed E-state index contributed by atoms with van der Waals surface area (Å²) in [4.78, 5) is 23.1. The number of hydrogen-bond donors (Lipinski definition) is 0. The maximum Gasteiger partial charge on any atom is 0.317 e. The maximum atomic E-state index is 11.6. The van der Waals surface area contributed by atoms with Gasteiger partial charge >= 0.3 is 11.9 Å². The van der Waals surface area contributed by atoms with Crippen molar-refractivity contribution in [1.82, 2.24) is 0 Å². The van der Waals surface area contributed by atoms with Gasteiger partial charge in [-0.3, -0.25) is 9.59 Å². The Morgan fingerprint density at radius 2 is 1.52 bits per heavy atom. The first kappa shape index (κ1) is 19.9. The molecule has 0 saturated carbocycles. The van der Waals surface area contributed by atoms with Crippen molar-refractivity contribution < 1.29 is 19.1 Å². The van der Waals surface area contributed by atoms with Gasteiger partial charge in [0.05, 0.1) is 6.61 Å². The van der Waals surface area contributed by atoms with Crippen molar-refractivity contribution in [2.75, 3.05) is 6.61 Å². The standard InChI is InChI=1S/C17H32O4/c1-6-7-8-9-10-11-12-20-15(18)13-16(19)21-14(2)17(3,4)5/h14H,6-13H2,1-5H3. The van der Waals surface area contributed by atoms with E-state index in [0.717, 1.165) is 12.8 Å². The molecule has 0 N–H and O–H groups in total. The fraction of sp³-hybridized carbons (Fsp3) is 0.882. The van der Waals surface area contributed by atoms with Crippen LogP contribution in [-0.2, 0) is 19.1 Å². The fourth-order valence-electron chi connectivity index (χ4n) is 1.65. The molecule has 0 aromatic heterocycles. The van der Waals surface area contributed by atoms with Crippen LogP contribution >= 0.6 is 0 Å². The second kappa shape index (κ2) is 10.6. The lowest BCUT2D eigenvalue weighted by Crippen LogP contribution is -2.29. The first-order chi connectivity index (χ1) is 9.77. The van der Waals surface area contributed by atoms with Gasteiger partial charge in [0.1, 0.15) is 12.5 Å². The minimum atomic E-state index is -0.509. The highest BCUT2D eigenvalue weighted by Gasteiger charge is 2.24. The number of carbonyl (C=O) groups is 2. The Balaban J connectivity index is 3.68. The minimum absolute atomic E-state index is 0.127. The lowest BCUT2D eigenvalue weighted by molar-refractivity contribution is -0.160. The van der Waals surface area contributed by atoms with E-state index in [2.05, 4.69) is 6.92 Å². The number of esters is 2. The average Bonchev–Trinajstić information content (AvgIpc) is 2.36. The molecule has 0 heterocycles. The quantitative estimate of drug-likeness (QED) is 0.344. The van der Waals surface area contributed by atoms with Crippen LogP contribution in [0.2, 0.25) is 0 Å². The first-order valence-corrected chi connectivity index (χ1v) is 8.12. The summed E-state index contributed by atoms with van der Waals surface area (Å²) in [7, 11) is 0. The normalized spacial score (nSPS) is 12.8. The molecule has 0 bridgehead atoms. The highest BCUT2D eigenvalue weighted by molar-refractivity contribution is 5.91. The topological polar surface area (TPSA) is 52.6 Å². The summed E-state index contributed by atoms with van der Waals surface area (Å²) in [5.74, 6) is -1.000. The molecule has 0 fully saturated rings. The molecule has 21 heavy (non-hydrogen) atoms. The summed E-state index contributed by atoms with van der Waals surface area (Å²) in [5.41, 5.74) is -0.127. The predicted molar refractivity (Wildman–Crippen MR) is 84.0 cm³/mol. The molecular formula is C17H32O4. The summed E-state index contributed by atoms with van der Waals surface area (Å²) in [5, 5.41) is 0. The number of carbonyl (C=O) groups excluding carboxylic acids is 2. The third kappa shape index (κ3) is 11.3. The lowest BCUT2D eigenvalue weighted by atomic mass is 9.90. The van der Waals surface area contributed by atoms with E-state index in [4.69, 9.17) is 9.47 Å². The first-order valence-electron chi connectivity index (χ1n) is 8.12. The van der Waals surface area contributed by atoms with Crippen LogP contribution in [0.25, 0.3) is 0 Å². The van der Waals surface area contributed by atoms with Crippen molar-refractivity contribution in [3.63, 3.8) is 0 Å². The van der Waals surface area contributed by atoms with E-state index in [1.165, 1.54) is 25.7 Å². The minimum Gasteiger partial charge on any atom is -0.465 e. The smallest absolute Gasteiger partial charge is 0.317 e. The van der Waals surface area contributed by atoms with Gasteiger partial charge < -0.3 is 9.47 Å².